The van der Waals surface area contributed by atoms with E-state index < -0.39 is 64.5 Å². The molecule has 0 atom stereocenters. The van der Waals surface area contributed by atoms with Gasteiger partial charge in [-0.05, 0) is 44.9 Å². The second-order valence-electron chi connectivity index (χ2n) is 10.5. The van der Waals surface area contributed by atoms with Gasteiger partial charge in [0.25, 0.3) is 10.0 Å². The van der Waals surface area contributed by atoms with E-state index in [0.717, 1.165) is 46.8 Å². The number of piperazine rings is 1. The van der Waals surface area contributed by atoms with Gasteiger partial charge in [-0.3, -0.25) is 3.97 Å². The molecule has 3 aromatic heterocycles. The average Bonchev–Trinajstić information content (AvgIpc) is 3.31. The zero-order valence-electron chi connectivity index (χ0n) is 21.8. The SMILES string of the molecule is CC(C)S(=O)(=O)n1ccc(S(=O)(=O)n2nc(N3CCN(c4ncc(F)cc4F)CC34CC4)c3c(F)ccc(F)c32)c1. The van der Waals surface area contributed by atoms with E-state index >= 15 is 8.78 Å². The molecule has 1 aliphatic heterocycles. The third-order valence-electron chi connectivity index (χ3n) is 7.56. The Morgan fingerprint density at radius 1 is 0.927 bits per heavy atom. The predicted molar refractivity (Wildman–Crippen MR) is 142 cm³/mol. The summed E-state index contributed by atoms with van der Waals surface area (Å²) in [6.45, 7) is 3.36. The minimum absolute atomic E-state index is 0.0478. The number of hydrogen-bond acceptors (Lipinski definition) is 8. The summed E-state index contributed by atoms with van der Waals surface area (Å²) in [6, 6.07) is 3.44. The Hall–Kier alpha value is -3.66. The Balaban J connectivity index is 1.44. The predicted octanol–water partition coefficient (Wildman–Crippen LogP) is 3.47. The summed E-state index contributed by atoms with van der Waals surface area (Å²) in [6.07, 6.45) is 4.00. The summed E-state index contributed by atoms with van der Waals surface area (Å²) in [5.74, 6) is -3.76. The minimum Gasteiger partial charge on any atom is -0.350 e. The van der Waals surface area contributed by atoms with E-state index in [0.29, 0.717) is 16.9 Å². The van der Waals surface area contributed by atoms with Crippen molar-refractivity contribution in [1.82, 2.24) is 18.1 Å². The van der Waals surface area contributed by atoms with Crippen molar-refractivity contribution < 1.29 is 34.4 Å². The van der Waals surface area contributed by atoms with Crippen LogP contribution in [0.1, 0.15) is 26.7 Å². The van der Waals surface area contributed by atoms with Crippen LogP contribution in [0.2, 0.25) is 0 Å². The smallest absolute Gasteiger partial charge is 0.285 e. The van der Waals surface area contributed by atoms with Gasteiger partial charge in [-0.1, -0.05) is 0 Å². The third kappa shape index (κ3) is 4.26. The van der Waals surface area contributed by atoms with E-state index in [1.807, 2.05) is 0 Å². The molecule has 10 nitrogen and oxygen atoms in total. The molecule has 4 heterocycles. The number of nitrogens with zero attached hydrogens (tertiary/aromatic N) is 6. The summed E-state index contributed by atoms with van der Waals surface area (Å²) in [5, 5.41) is 3.01. The van der Waals surface area contributed by atoms with Gasteiger partial charge >= 0.3 is 0 Å². The van der Waals surface area contributed by atoms with E-state index in [4.69, 9.17) is 0 Å². The van der Waals surface area contributed by atoms with Gasteiger partial charge in [0, 0.05) is 38.1 Å². The van der Waals surface area contributed by atoms with Crippen molar-refractivity contribution in [2.45, 2.75) is 42.4 Å². The van der Waals surface area contributed by atoms with Crippen molar-refractivity contribution in [1.29, 1.82) is 0 Å². The molecule has 2 aliphatic rings. The van der Waals surface area contributed by atoms with Crippen LogP contribution in [0.15, 0.2) is 47.8 Å². The van der Waals surface area contributed by atoms with Crippen LogP contribution in [-0.2, 0) is 20.0 Å². The van der Waals surface area contributed by atoms with Crippen LogP contribution in [0.3, 0.4) is 0 Å². The Morgan fingerprint density at radius 2 is 1.63 bits per heavy atom. The van der Waals surface area contributed by atoms with Gasteiger partial charge in [0.1, 0.15) is 22.0 Å². The highest BCUT2D eigenvalue weighted by atomic mass is 32.2. The second kappa shape index (κ2) is 9.17. The molecule has 4 aromatic rings. The van der Waals surface area contributed by atoms with Gasteiger partial charge in [0.2, 0.25) is 10.0 Å². The van der Waals surface area contributed by atoms with Crippen LogP contribution in [-0.4, -0.2) is 65.4 Å². The zero-order chi connectivity index (χ0) is 29.5. The lowest BCUT2D eigenvalue weighted by Gasteiger charge is -2.43. The number of rotatable bonds is 6. The Bertz CT molecular complexity index is 1920. The highest BCUT2D eigenvalue weighted by Gasteiger charge is 2.53. The number of hydrogen-bond donors (Lipinski definition) is 0. The van der Waals surface area contributed by atoms with Gasteiger partial charge < -0.3 is 9.80 Å². The maximum absolute atomic E-state index is 15.3. The quantitative estimate of drug-likeness (QED) is 0.305. The van der Waals surface area contributed by atoms with Gasteiger partial charge in [-0.2, -0.15) is 8.42 Å². The molecule has 1 aromatic carbocycles. The number of halogens is 4. The zero-order valence-corrected chi connectivity index (χ0v) is 23.4. The molecular formula is C25H24F4N6O4S2. The fourth-order valence-electron chi connectivity index (χ4n) is 5.20. The van der Waals surface area contributed by atoms with Crippen LogP contribution >= 0.6 is 0 Å². The summed E-state index contributed by atoms with van der Waals surface area (Å²) in [4.78, 5) is 6.71. The molecule has 41 heavy (non-hydrogen) atoms. The first-order chi connectivity index (χ1) is 19.3. The normalized spacial score (nSPS) is 17.2. The van der Waals surface area contributed by atoms with Gasteiger partial charge in [0.15, 0.2) is 23.3 Å². The molecule has 1 saturated heterocycles. The van der Waals surface area contributed by atoms with Crippen molar-refractivity contribution in [2.75, 3.05) is 29.4 Å². The standard InChI is InChI=1S/C25H24F4N6O4S2/c1-15(2)40(36,37)33-8-5-17(13-33)41(38,39)35-22-19(28)4-3-18(27)21(22)24(31-35)34-10-9-32(14-25(34)6-7-25)23-20(29)11-16(26)12-30-23/h3-5,8,11-13,15H,6-7,9-10,14H2,1-2H3. The molecule has 0 amide bonds. The number of fused-ring (bicyclic) bond motifs is 1. The third-order valence-corrected chi connectivity index (χ3v) is 11.1. The number of pyridine rings is 1. The number of benzene rings is 1. The molecule has 218 valence electrons. The Labute approximate surface area is 232 Å². The molecule has 0 unspecified atom stereocenters. The van der Waals surface area contributed by atoms with Crippen LogP contribution in [0.4, 0.5) is 29.2 Å². The molecule has 0 N–H and O–H groups in total. The van der Waals surface area contributed by atoms with Gasteiger partial charge in [0.05, 0.1) is 22.4 Å². The number of aromatic nitrogens is 4. The lowest BCUT2D eigenvalue weighted by atomic mass is 10.1. The fraction of sp³-hybridized carbons (Fsp3) is 0.360. The van der Waals surface area contributed by atoms with Crippen molar-refractivity contribution in [3.8, 4) is 0 Å². The van der Waals surface area contributed by atoms with Gasteiger partial charge in [-0.15, -0.1) is 9.19 Å². The lowest BCUT2D eigenvalue weighted by molar-refractivity contribution is 0.489. The largest absolute Gasteiger partial charge is 0.350 e. The highest BCUT2D eigenvalue weighted by molar-refractivity contribution is 7.91. The summed E-state index contributed by atoms with van der Waals surface area (Å²) < 4.78 is 112. The van der Waals surface area contributed by atoms with Crippen LogP contribution in [0.5, 0.6) is 0 Å². The van der Waals surface area contributed by atoms with Crippen molar-refractivity contribution in [3.63, 3.8) is 0 Å². The first kappa shape index (κ1) is 27.5. The van der Waals surface area contributed by atoms with E-state index in [1.54, 1.807) is 9.80 Å². The Kier molecular flexibility index (Phi) is 6.15. The summed E-state index contributed by atoms with van der Waals surface area (Å²) in [5.41, 5.74) is -1.33. The Morgan fingerprint density at radius 3 is 2.29 bits per heavy atom. The van der Waals surface area contributed by atoms with E-state index in [9.17, 15) is 25.6 Å². The molecule has 0 radical (unpaired) electrons. The van der Waals surface area contributed by atoms with E-state index in [1.165, 1.54) is 13.8 Å². The molecule has 16 heteroatoms. The molecule has 6 rings (SSSR count). The van der Waals surface area contributed by atoms with Crippen molar-refractivity contribution in [2.24, 2.45) is 0 Å². The minimum atomic E-state index is -4.69. The van der Waals surface area contributed by atoms with Crippen molar-refractivity contribution >= 4 is 42.6 Å². The molecule has 0 bridgehead atoms. The van der Waals surface area contributed by atoms with Crippen LogP contribution in [0, 0.1) is 23.3 Å². The average molecular weight is 613 g/mol. The van der Waals surface area contributed by atoms with Crippen LogP contribution < -0.4 is 9.80 Å². The fourth-order valence-corrected chi connectivity index (χ4v) is 7.53. The lowest BCUT2D eigenvalue weighted by Crippen LogP contribution is -2.56. The number of anilines is 2. The topological polar surface area (TPSA) is 110 Å². The first-order valence-electron chi connectivity index (χ1n) is 12.6. The van der Waals surface area contributed by atoms with Gasteiger partial charge in [-0.25, -0.2) is 31.0 Å². The summed E-state index contributed by atoms with van der Waals surface area (Å²) >= 11 is 0. The first-order valence-corrected chi connectivity index (χ1v) is 15.6. The molecular weight excluding hydrogens is 588 g/mol. The monoisotopic (exact) mass is 612 g/mol. The summed E-state index contributed by atoms with van der Waals surface area (Å²) in [7, 11) is -8.57. The molecule has 1 aliphatic carbocycles. The highest BCUT2D eigenvalue weighted by Crippen LogP contribution is 2.49. The molecule has 1 saturated carbocycles. The second-order valence-corrected chi connectivity index (χ2v) is 14.6. The van der Waals surface area contributed by atoms with Crippen LogP contribution in [0.25, 0.3) is 10.9 Å². The van der Waals surface area contributed by atoms with E-state index in [-0.39, 0.29) is 36.7 Å². The molecule has 1 spiro atoms. The van der Waals surface area contributed by atoms with Crippen molar-refractivity contribution in [3.05, 3.63) is 66.1 Å². The molecule has 2 fully saturated rings. The maximum atomic E-state index is 15.3. The maximum Gasteiger partial charge on any atom is 0.285 e. The van der Waals surface area contributed by atoms with E-state index in [2.05, 4.69) is 10.1 Å².